The Balaban J connectivity index is 1.39. The molecule has 1 fully saturated rings. The first-order chi connectivity index (χ1) is 14.8. The summed E-state index contributed by atoms with van der Waals surface area (Å²) in [5.74, 6) is 0.751. The number of anilines is 2. The molecule has 164 valence electrons. The van der Waals surface area contributed by atoms with Crippen LogP contribution in [0.2, 0.25) is 0 Å². The lowest BCUT2D eigenvalue weighted by Gasteiger charge is -2.34. The van der Waals surface area contributed by atoms with Gasteiger partial charge in [-0.15, -0.1) is 0 Å². The zero-order chi connectivity index (χ0) is 22.0. The number of aromatic nitrogens is 1. The molecular weight excluding hydrogens is 429 g/mol. The van der Waals surface area contributed by atoms with Gasteiger partial charge in [-0.25, -0.2) is 9.78 Å². The molecule has 2 aromatic carbocycles. The fraction of sp³-hybridized carbons (Fsp3) is 0.333. The number of carbonyl (C=O) groups excluding carboxylic acids is 1. The van der Waals surface area contributed by atoms with E-state index in [4.69, 9.17) is 9.72 Å². The van der Waals surface area contributed by atoms with Crippen molar-refractivity contribution in [2.24, 2.45) is 0 Å². The van der Waals surface area contributed by atoms with Crippen LogP contribution in [0.25, 0.3) is 10.2 Å². The van der Waals surface area contributed by atoms with Crippen molar-refractivity contribution < 1.29 is 22.7 Å². The van der Waals surface area contributed by atoms with E-state index < -0.39 is 17.8 Å². The fourth-order valence-electron chi connectivity index (χ4n) is 3.40. The van der Waals surface area contributed by atoms with Crippen LogP contribution >= 0.6 is 11.3 Å². The van der Waals surface area contributed by atoms with Gasteiger partial charge in [0.2, 0.25) is 0 Å². The topological polar surface area (TPSA) is 57.7 Å². The third-order valence-electron chi connectivity index (χ3n) is 4.95. The molecular formula is C21H21F3N4O2S. The number of benzene rings is 2. The number of para-hydroxylation sites is 1. The lowest BCUT2D eigenvalue weighted by atomic mass is 10.2. The summed E-state index contributed by atoms with van der Waals surface area (Å²) in [6.45, 7) is 4.54. The summed E-state index contributed by atoms with van der Waals surface area (Å²) in [7, 11) is 0. The number of nitrogens with one attached hydrogen (secondary N) is 1. The average Bonchev–Trinajstić information content (AvgIpc) is 3.19. The van der Waals surface area contributed by atoms with Crippen molar-refractivity contribution in [3.63, 3.8) is 0 Å². The minimum Gasteiger partial charge on any atom is -0.492 e. The highest BCUT2D eigenvalue weighted by molar-refractivity contribution is 7.22. The number of halogens is 3. The first-order valence-corrected chi connectivity index (χ1v) is 10.7. The molecule has 0 radical (unpaired) electrons. The summed E-state index contributed by atoms with van der Waals surface area (Å²) in [6.07, 6.45) is -4.45. The molecule has 1 aliphatic heterocycles. The molecule has 1 aliphatic rings. The standard InChI is InChI=1S/C21H21F3N4O2S/c1-2-30-16-7-4-8-17-18(16)26-20(31-17)28-11-9-27(10-12-28)19(29)25-15-6-3-5-14(13-15)21(22,23)24/h3-8,13H,2,9-12H2,1H3,(H,25,29). The highest BCUT2D eigenvalue weighted by atomic mass is 32.1. The summed E-state index contributed by atoms with van der Waals surface area (Å²) in [5, 5.41) is 3.42. The Morgan fingerprint density at radius 2 is 1.90 bits per heavy atom. The zero-order valence-electron chi connectivity index (χ0n) is 16.8. The van der Waals surface area contributed by atoms with Crippen LogP contribution in [0, 0.1) is 0 Å². The first kappa shape index (κ1) is 21.2. The van der Waals surface area contributed by atoms with Crippen LogP contribution in [0.1, 0.15) is 12.5 Å². The van der Waals surface area contributed by atoms with Crippen LogP contribution in [-0.4, -0.2) is 48.7 Å². The van der Waals surface area contributed by atoms with Crippen LogP contribution in [0.3, 0.4) is 0 Å². The van der Waals surface area contributed by atoms with Crippen molar-refractivity contribution >= 4 is 38.4 Å². The Bertz CT molecular complexity index is 1080. The minimum atomic E-state index is -4.45. The maximum atomic E-state index is 12.9. The van der Waals surface area contributed by atoms with E-state index in [1.807, 2.05) is 25.1 Å². The predicted molar refractivity (Wildman–Crippen MR) is 115 cm³/mol. The molecule has 10 heteroatoms. The fourth-order valence-corrected chi connectivity index (χ4v) is 4.43. The van der Waals surface area contributed by atoms with E-state index in [1.54, 1.807) is 16.2 Å². The number of amides is 2. The second-order valence-corrected chi connectivity index (χ2v) is 8.02. The van der Waals surface area contributed by atoms with E-state index in [-0.39, 0.29) is 5.69 Å². The molecule has 1 N–H and O–H groups in total. The summed E-state index contributed by atoms with van der Waals surface area (Å²) in [6, 6.07) is 10.0. The summed E-state index contributed by atoms with van der Waals surface area (Å²) in [5.41, 5.74) is 0.156. The number of alkyl halides is 3. The maximum Gasteiger partial charge on any atom is 0.416 e. The molecule has 2 heterocycles. The second kappa shape index (κ2) is 8.62. The first-order valence-electron chi connectivity index (χ1n) is 9.85. The number of rotatable bonds is 4. The minimum absolute atomic E-state index is 0.122. The molecule has 2 amide bonds. The number of ether oxygens (including phenoxy) is 1. The number of hydrogen-bond acceptors (Lipinski definition) is 5. The predicted octanol–water partition coefficient (Wildman–Crippen LogP) is 5.07. The smallest absolute Gasteiger partial charge is 0.416 e. The molecule has 0 unspecified atom stereocenters. The van der Waals surface area contributed by atoms with Crippen molar-refractivity contribution in [3.05, 3.63) is 48.0 Å². The molecule has 6 nitrogen and oxygen atoms in total. The molecule has 0 aliphatic carbocycles. The summed E-state index contributed by atoms with van der Waals surface area (Å²) >= 11 is 1.57. The molecule has 0 atom stereocenters. The van der Waals surface area contributed by atoms with Crippen LogP contribution in [-0.2, 0) is 6.18 Å². The van der Waals surface area contributed by atoms with E-state index in [0.717, 1.165) is 33.2 Å². The Kier molecular flexibility index (Phi) is 5.90. The Hall–Kier alpha value is -3.01. The summed E-state index contributed by atoms with van der Waals surface area (Å²) < 4.78 is 45.3. The van der Waals surface area contributed by atoms with Crippen molar-refractivity contribution in [1.29, 1.82) is 0 Å². The third kappa shape index (κ3) is 4.68. The van der Waals surface area contributed by atoms with Crippen LogP contribution in [0.5, 0.6) is 5.75 Å². The maximum absolute atomic E-state index is 12.9. The number of hydrogen-bond donors (Lipinski definition) is 1. The monoisotopic (exact) mass is 450 g/mol. The largest absolute Gasteiger partial charge is 0.492 e. The molecule has 1 saturated heterocycles. The Morgan fingerprint density at radius 3 is 2.61 bits per heavy atom. The van der Waals surface area contributed by atoms with Gasteiger partial charge in [0.05, 0.1) is 16.9 Å². The molecule has 0 saturated carbocycles. The van der Waals surface area contributed by atoms with Gasteiger partial charge in [-0.05, 0) is 37.3 Å². The number of carbonyl (C=O) groups is 1. The molecule has 31 heavy (non-hydrogen) atoms. The molecule has 1 aromatic heterocycles. The van der Waals surface area contributed by atoms with Crippen LogP contribution in [0.4, 0.5) is 28.8 Å². The highest BCUT2D eigenvalue weighted by Crippen LogP contribution is 2.34. The van der Waals surface area contributed by atoms with Crippen molar-refractivity contribution in [3.8, 4) is 5.75 Å². The molecule has 3 aromatic rings. The van der Waals surface area contributed by atoms with Crippen LogP contribution in [0.15, 0.2) is 42.5 Å². The molecule has 4 rings (SSSR count). The summed E-state index contributed by atoms with van der Waals surface area (Å²) in [4.78, 5) is 20.9. The number of fused-ring (bicyclic) bond motifs is 1. The van der Waals surface area contributed by atoms with Gasteiger partial charge < -0.3 is 19.9 Å². The lowest BCUT2D eigenvalue weighted by Crippen LogP contribution is -2.50. The van der Waals surface area contributed by atoms with Crippen molar-refractivity contribution in [1.82, 2.24) is 9.88 Å². The highest BCUT2D eigenvalue weighted by Gasteiger charge is 2.31. The SMILES string of the molecule is CCOc1cccc2sc(N3CCN(C(=O)Nc4cccc(C(F)(F)F)c4)CC3)nc12. The van der Waals surface area contributed by atoms with E-state index in [1.165, 1.54) is 12.1 Å². The van der Waals surface area contributed by atoms with E-state index in [0.29, 0.717) is 32.8 Å². The van der Waals surface area contributed by atoms with Gasteiger partial charge in [-0.2, -0.15) is 13.2 Å². The van der Waals surface area contributed by atoms with Gasteiger partial charge in [-0.3, -0.25) is 0 Å². The van der Waals surface area contributed by atoms with Gasteiger partial charge in [-0.1, -0.05) is 23.5 Å². The van der Waals surface area contributed by atoms with Gasteiger partial charge in [0.25, 0.3) is 0 Å². The molecule has 0 bridgehead atoms. The normalized spacial score (nSPS) is 14.7. The van der Waals surface area contributed by atoms with Gasteiger partial charge in [0.1, 0.15) is 11.3 Å². The van der Waals surface area contributed by atoms with Gasteiger partial charge in [0, 0.05) is 31.9 Å². The Morgan fingerprint density at radius 1 is 1.16 bits per heavy atom. The second-order valence-electron chi connectivity index (χ2n) is 7.02. The number of piperazine rings is 1. The van der Waals surface area contributed by atoms with E-state index in [2.05, 4.69) is 10.2 Å². The number of nitrogens with zero attached hydrogens (tertiary/aromatic N) is 3. The third-order valence-corrected chi connectivity index (χ3v) is 6.03. The van der Waals surface area contributed by atoms with E-state index >= 15 is 0 Å². The Labute approximate surface area is 181 Å². The molecule has 0 spiro atoms. The van der Waals surface area contributed by atoms with Crippen LogP contribution < -0.4 is 15.0 Å². The van der Waals surface area contributed by atoms with Gasteiger partial charge >= 0.3 is 12.2 Å². The van der Waals surface area contributed by atoms with Crippen molar-refractivity contribution in [2.75, 3.05) is 43.0 Å². The van der Waals surface area contributed by atoms with Gasteiger partial charge in [0.15, 0.2) is 5.13 Å². The van der Waals surface area contributed by atoms with Crippen molar-refractivity contribution in [2.45, 2.75) is 13.1 Å². The average molecular weight is 450 g/mol. The number of thiazole rings is 1. The zero-order valence-corrected chi connectivity index (χ0v) is 17.6. The number of urea groups is 1. The quantitative estimate of drug-likeness (QED) is 0.603. The van der Waals surface area contributed by atoms with E-state index in [9.17, 15) is 18.0 Å². The lowest BCUT2D eigenvalue weighted by molar-refractivity contribution is -0.137.